The smallest absolute Gasteiger partial charge is 0.177 e. The molecular weight excluding hydrogens is 285 g/mol. The lowest BCUT2D eigenvalue weighted by Gasteiger charge is -1.82. The molecule has 0 bridgehead atoms. The van der Waals surface area contributed by atoms with Gasteiger partial charge in [-0.1, -0.05) is 33.8 Å². The molecular formula is C8H6INOS. The molecule has 0 saturated heterocycles. The quantitative estimate of drug-likeness (QED) is 0.626. The summed E-state index contributed by atoms with van der Waals surface area (Å²) in [6.07, 6.45) is 0. The van der Waals surface area contributed by atoms with Crippen molar-refractivity contribution in [2.24, 2.45) is 0 Å². The summed E-state index contributed by atoms with van der Waals surface area (Å²) >= 11 is 3.93. The second-order valence-electron chi connectivity index (χ2n) is 2.29. The number of alkyl halides is 1. The standard InChI is InChI=1S/C8H6INOS/c9-5-6-4-7(11-10-6)8-2-1-3-12-8/h1-4H,5H2. The van der Waals surface area contributed by atoms with E-state index in [-0.39, 0.29) is 0 Å². The van der Waals surface area contributed by atoms with E-state index in [4.69, 9.17) is 4.52 Å². The molecule has 0 saturated carbocycles. The minimum Gasteiger partial charge on any atom is -0.355 e. The van der Waals surface area contributed by atoms with E-state index in [1.54, 1.807) is 11.3 Å². The van der Waals surface area contributed by atoms with Crippen LogP contribution < -0.4 is 0 Å². The topological polar surface area (TPSA) is 26.0 Å². The fourth-order valence-corrected chi connectivity index (χ4v) is 1.94. The first-order chi connectivity index (χ1) is 5.90. The predicted molar refractivity (Wildman–Crippen MR) is 57.5 cm³/mol. The Labute approximate surface area is 87.7 Å². The molecule has 0 fully saturated rings. The summed E-state index contributed by atoms with van der Waals surface area (Å²) in [5, 5.41) is 5.94. The van der Waals surface area contributed by atoms with Crippen molar-refractivity contribution in [1.82, 2.24) is 5.16 Å². The van der Waals surface area contributed by atoms with Gasteiger partial charge in [0.25, 0.3) is 0 Å². The van der Waals surface area contributed by atoms with Gasteiger partial charge in [-0.25, -0.2) is 0 Å². The van der Waals surface area contributed by atoms with Crippen LogP contribution in [-0.2, 0) is 4.43 Å². The van der Waals surface area contributed by atoms with Crippen LogP contribution in [0.5, 0.6) is 0 Å². The van der Waals surface area contributed by atoms with Gasteiger partial charge in [-0.3, -0.25) is 0 Å². The molecule has 0 unspecified atom stereocenters. The number of hydrogen-bond donors (Lipinski definition) is 0. The van der Waals surface area contributed by atoms with Gasteiger partial charge in [-0.05, 0) is 11.4 Å². The monoisotopic (exact) mass is 291 g/mol. The summed E-state index contributed by atoms with van der Waals surface area (Å²) in [5.41, 5.74) is 0.999. The number of aromatic nitrogens is 1. The minimum absolute atomic E-state index is 0.872. The van der Waals surface area contributed by atoms with Crippen LogP contribution in [0.2, 0.25) is 0 Å². The lowest BCUT2D eigenvalue weighted by Crippen LogP contribution is -1.69. The lowest BCUT2D eigenvalue weighted by molar-refractivity contribution is 0.427. The van der Waals surface area contributed by atoms with Gasteiger partial charge in [0.2, 0.25) is 0 Å². The van der Waals surface area contributed by atoms with Crippen molar-refractivity contribution >= 4 is 33.9 Å². The van der Waals surface area contributed by atoms with Gasteiger partial charge in [0.15, 0.2) is 5.76 Å². The molecule has 2 aromatic rings. The average Bonchev–Trinajstić information content (AvgIpc) is 2.75. The fourth-order valence-electron chi connectivity index (χ4n) is 0.910. The summed E-state index contributed by atoms with van der Waals surface area (Å²) in [6.45, 7) is 0. The van der Waals surface area contributed by atoms with Crippen molar-refractivity contribution < 1.29 is 4.52 Å². The fraction of sp³-hybridized carbons (Fsp3) is 0.125. The van der Waals surface area contributed by atoms with Crippen LogP contribution in [0.1, 0.15) is 5.69 Å². The van der Waals surface area contributed by atoms with Gasteiger partial charge >= 0.3 is 0 Å². The number of hydrogen-bond acceptors (Lipinski definition) is 3. The van der Waals surface area contributed by atoms with Crippen LogP contribution >= 0.6 is 33.9 Å². The molecule has 0 amide bonds. The molecule has 0 atom stereocenters. The molecule has 2 aromatic heterocycles. The average molecular weight is 291 g/mol. The minimum atomic E-state index is 0.872. The van der Waals surface area contributed by atoms with E-state index in [1.165, 1.54) is 0 Å². The summed E-state index contributed by atoms with van der Waals surface area (Å²) in [4.78, 5) is 1.14. The lowest BCUT2D eigenvalue weighted by atomic mass is 10.3. The Morgan fingerprint density at radius 3 is 3.08 bits per heavy atom. The Balaban J connectivity index is 2.35. The Kier molecular flexibility index (Phi) is 2.45. The van der Waals surface area contributed by atoms with E-state index >= 15 is 0 Å². The maximum Gasteiger partial charge on any atom is 0.177 e. The van der Waals surface area contributed by atoms with Crippen LogP contribution in [0.3, 0.4) is 0 Å². The highest BCUT2D eigenvalue weighted by Crippen LogP contribution is 2.25. The molecule has 62 valence electrons. The second kappa shape index (κ2) is 3.57. The molecule has 0 aliphatic heterocycles. The van der Waals surface area contributed by atoms with Crippen molar-refractivity contribution in [1.29, 1.82) is 0 Å². The van der Waals surface area contributed by atoms with E-state index < -0.39 is 0 Å². The van der Waals surface area contributed by atoms with Crippen LogP contribution in [0.15, 0.2) is 28.1 Å². The Hall–Kier alpha value is -0.360. The maximum atomic E-state index is 5.16. The number of nitrogens with zero attached hydrogens (tertiary/aromatic N) is 1. The predicted octanol–water partition coefficient (Wildman–Crippen LogP) is 3.34. The van der Waals surface area contributed by atoms with Crippen molar-refractivity contribution in [3.8, 4) is 10.6 Å². The van der Waals surface area contributed by atoms with Gasteiger partial charge in [-0.15, -0.1) is 11.3 Å². The van der Waals surface area contributed by atoms with Crippen LogP contribution in [0, 0.1) is 0 Å². The summed E-state index contributed by atoms with van der Waals surface area (Å²) < 4.78 is 6.05. The van der Waals surface area contributed by atoms with Crippen molar-refractivity contribution in [3.63, 3.8) is 0 Å². The molecule has 0 spiro atoms. The molecule has 0 aromatic carbocycles. The molecule has 2 rings (SSSR count). The van der Waals surface area contributed by atoms with Crippen LogP contribution in [0.4, 0.5) is 0 Å². The highest BCUT2D eigenvalue weighted by Gasteiger charge is 2.05. The first kappa shape index (κ1) is 8.25. The van der Waals surface area contributed by atoms with E-state index in [2.05, 4.69) is 27.7 Å². The molecule has 2 nitrogen and oxygen atoms in total. The van der Waals surface area contributed by atoms with E-state index in [9.17, 15) is 0 Å². The molecule has 0 N–H and O–H groups in total. The number of halogens is 1. The van der Waals surface area contributed by atoms with Gasteiger partial charge in [-0.2, -0.15) is 0 Å². The largest absolute Gasteiger partial charge is 0.355 e. The zero-order chi connectivity index (χ0) is 8.39. The Morgan fingerprint density at radius 2 is 2.50 bits per heavy atom. The van der Waals surface area contributed by atoms with Crippen molar-refractivity contribution in [3.05, 3.63) is 29.3 Å². The van der Waals surface area contributed by atoms with E-state index in [0.29, 0.717) is 0 Å². The normalized spacial score (nSPS) is 10.4. The molecule has 0 radical (unpaired) electrons. The SMILES string of the molecule is ICc1cc(-c2cccs2)on1. The van der Waals surface area contributed by atoms with Gasteiger partial charge in [0, 0.05) is 10.5 Å². The van der Waals surface area contributed by atoms with Crippen LogP contribution in [-0.4, -0.2) is 5.16 Å². The van der Waals surface area contributed by atoms with Crippen molar-refractivity contribution in [2.75, 3.05) is 0 Å². The molecule has 2 heterocycles. The highest BCUT2D eigenvalue weighted by atomic mass is 127. The first-order valence-electron chi connectivity index (χ1n) is 3.45. The molecule has 4 heteroatoms. The van der Waals surface area contributed by atoms with Crippen molar-refractivity contribution in [2.45, 2.75) is 4.43 Å². The zero-order valence-electron chi connectivity index (χ0n) is 6.16. The molecule has 12 heavy (non-hydrogen) atoms. The van der Waals surface area contributed by atoms with E-state index in [0.717, 1.165) is 20.8 Å². The third-order valence-electron chi connectivity index (χ3n) is 1.46. The first-order valence-corrected chi connectivity index (χ1v) is 5.86. The maximum absolute atomic E-state index is 5.16. The molecule has 0 aliphatic rings. The van der Waals surface area contributed by atoms with Crippen LogP contribution in [0.25, 0.3) is 10.6 Å². The second-order valence-corrected chi connectivity index (χ2v) is 4.00. The zero-order valence-corrected chi connectivity index (χ0v) is 9.13. The summed E-state index contributed by atoms with van der Waals surface area (Å²) in [6, 6.07) is 6.02. The number of thiophene rings is 1. The Bertz CT molecular complexity index is 355. The Morgan fingerprint density at radius 1 is 1.58 bits per heavy atom. The third-order valence-corrected chi connectivity index (χ3v) is 3.13. The van der Waals surface area contributed by atoms with Gasteiger partial charge in [0.1, 0.15) is 0 Å². The third kappa shape index (κ3) is 1.54. The highest BCUT2D eigenvalue weighted by molar-refractivity contribution is 14.1. The number of rotatable bonds is 2. The van der Waals surface area contributed by atoms with Gasteiger partial charge < -0.3 is 4.52 Å². The van der Waals surface area contributed by atoms with E-state index in [1.807, 2.05) is 23.6 Å². The summed E-state index contributed by atoms with van der Waals surface area (Å²) in [7, 11) is 0. The van der Waals surface area contributed by atoms with Gasteiger partial charge in [0.05, 0.1) is 10.6 Å². The molecule has 0 aliphatic carbocycles. The summed E-state index contributed by atoms with van der Waals surface area (Å²) in [5.74, 6) is 0.872.